The third kappa shape index (κ3) is 5.77. The number of ether oxygens (including phenoxy) is 1. The summed E-state index contributed by atoms with van der Waals surface area (Å²) in [6.45, 7) is 4.60. The van der Waals surface area contributed by atoms with Crippen LogP contribution in [0, 0.1) is 6.92 Å². The highest BCUT2D eigenvalue weighted by atomic mass is 32.2. The Balaban J connectivity index is 1.41. The third-order valence-corrected chi connectivity index (χ3v) is 5.95. The number of hydrogen-bond donors (Lipinski definition) is 1. The van der Waals surface area contributed by atoms with Crippen molar-refractivity contribution in [2.24, 2.45) is 0 Å². The van der Waals surface area contributed by atoms with Gasteiger partial charge in [-0.25, -0.2) is 0 Å². The number of thioether (sulfide) groups is 1. The summed E-state index contributed by atoms with van der Waals surface area (Å²) < 4.78 is 6.00. The van der Waals surface area contributed by atoms with Gasteiger partial charge in [0, 0.05) is 18.1 Å². The highest BCUT2D eigenvalue weighted by Gasteiger charge is 2.19. The van der Waals surface area contributed by atoms with Gasteiger partial charge in [0.05, 0.1) is 0 Å². The van der Waals surface area contributed by atoms with Crippen molar-refractivity contribution in [3.63, 3.8) is 0 Å². The number of benzene rings is 2. The lowest BCUT2D eigenvalue weighted by atomic mass is 9.91. The minimum Gasteiger partial charge on any atom is -0.481 e. The maximum Gasteiger partial charge on any atom is 0.260 e. The molecule has 0 saturated heterocycles. The molecule has 2 aromatic carbocycles. The fourth-order valence-electron chi connectivity index (χ4n) is 3.48. The zero-order chi connectivity index (χ0) is 19.1. The van der Waals surface area contributed by atoms with Crippen molar-refractivity contribution in [3.05, 3.63) is 64.7 Å². The Kier molecular flexibility index (Phi) is 7.22. The van der Waals surface area contributed by atoms with E-state index >= 15 is 0 Å². The largest absolute Gasteiger partial charge is 0.481 e. The normalized spacial score (nSPS) is 14.3. The van der Waals surface area contributed by atoms with E-state index in [-0.39, 0.29) is 5.91 Å². The summed E-state index contributed by atoms with van der Waals surface area (Å²) in [5.74, 6) is 2.70. The van der Waals surface area contributed by atoms with E-state index in [0.29, 0.717) is 6.54 Å². The first-order valence-corrected chi connectivity index (χ1v) is 11.0. The number of fused-ring (bicyclic) bond motifs is 1. The molecule has 0 spiro atoms. The molecule has 0 bridgehead atoms. The Labute approximate surface area is 166 Å². The van der Waals surface area contributed by atoms with Crippen LogP contribution in [-0.4, -0.2) is 24.3 Å². The van der Waals surface area contributed by atoms with Gasteiger partial charge in [-0.2, -0.15) is 11.8 Å². The highest BCUT2D eigenvalue weighted by molar-refractivity contribution is 7.98. The van der Waals surface area contributed by atoms with Gasteiger partial charge in [0.1, 0.15) is 5.75 Å². The van der Waals surface area contributed by atoms with Crippen molar-refractivity contribution in [2.75, 3.05) is 12.3 Å². The molecule has 1 N–H and O–H groups in total. The number of carbonyl (C=O) groups is 1. The first kappa shape index (κ1) is 19.8. The Morgan fingerprint density at radius 2 is 2.00 bits per heavy atom. The van der Waals surface area contributed by atoms with Crippen molar-refractivity contribution in [3.8, 4) is 5.75 Å². The summed E-state index contributed by atoms with van der Waals surface area (Å²) in [5.41, 5.74) is 5.28. The van der Waals surface area contributed by atoms with Crippen LogP contribution < -0.4 is 10.1 Å². The number of hydrogen-bond acceptors (Lipinski definition) is 3. The van der Waals surface area contributed by atoms with Gasteiger partial charge in [-0.05, 0) is 62.3 Å². The molecule has 2 aromatic rings. The minimum atomic E-state index is -0.472. The standard InChI is InChI=1S/C23H29NO2S/c1-17-7-5-8-19(15-17)16-27-14-13-24-23(25)18(2)26-22-12-6-10-20-9-3-4-11-21(20)22/h5-8,10,12,15,18H,3-4,9,11,13-14,16H2,1-2H3,(H,24,25). The molecule has 1 amide bonds. The Morgan fingerprint density at radius 1 is 1.19 bits per heavy atom. The van der Waals surface area contributed by atoms with E-state index < -0.39 is 6.10 Å². The number of aryl methyl sites for hydroxylation is 2. The molecule has 1 aliphatic carbocycles. The first-order chi connectivity index (χ1) is 13.1. The molecule has 3 nitrogen and oxygen atoms in total. The molecule has 0 fully saturated rings. The minimum absolute atomic E-state index is 0.0421. The first-order valence-electron chi connectivity index (χ1n) is 9.82. The SMILES string of the molecule is Cc1cccc(CSCCNC(=O)C(C)Oc2cccc3c2CCCC3)c1. The van der Waals surface area contributed by atoms with Gasteiger partial charge in [-0.1, -0.05) is 42.0 Å². The van der Waals surface area contributed by atoms with Gasteiger partial charge in [-0.15, -0.1) is 0 Å². The predicted octanol–water partition coefficient (Wildman–Crippen LogP) is 4.69. The molecular formula is C23H29NO2S. The van der Waals surface area contributed by atoms with Crippen LogP contribution in [0.3, 0.4) is 0 Å². The van der Waals surface area contributed by atoms with Crippen molar-refractivity contribution in [2.45, 2.75) is 51.4 Å². The van der Waals surface area contributed by atoms with E-state index in [1.807, 2.05) is 30.8 Å². The van der Waals surface area contributed by atoms with Crippen LogP contribution >= 0.6 is 11.8 Å². The average molecular weight is 384 g/mol. The topological polar surface area (TPSA) is 38.3 Å². The van der Waals surface area contributed by atoms with Crippen molar-refractivity contribution < 1.29 is 9.53 Å². The zero-order valence-corrected chi connectivity index (χ0v) is 17.1. The van der Waals surface area contributed by atoms with Crippen LogP contribution in [0.4, 0.5) is 0 Å². The summed E-state index contributed by atoms with van der Waals surface area (Å²) in [7, 11) is 0. The van der Waals surface area contributed by atoms with Crippen LogP contribution in [-0.2, 0) is 23.4 Å². The number of amides is 1. The fraction of sp³-hybridized carbons (Fsp3) is 0.435. The second-order valence-corrected chi connectivity index (χ2v) is 8.30. The van der Waals surface area contributed by atoms with E-state index in [0.717, 1.165) is 30.1 Å². The van der Waals surface area contributed by atoms with Crippen LogP contribution in [0.1, 0.15) is 42.0 Å². The summed E-state index contributed by atoms with van der Waals surface area (Å²) in [4.78, 5) is 12.3. The molecule has 144 valence electrons. The number of nitrogens with one attached hydrogen (secondary N) is 1. The molecule has 1 unspecified atom stereocenters. The summed E-state index contributed by atoms with van der Waals surface area (Å²) >= 11 is 1.84. The lowest BCUT2D eigenvalue weighted by Gasteiger charge is -2.22. The van der Waals surface area contributed by atoms with E-state index in [1.54, 1.807) is 0 Å². The van der Waals surface area contributed by atoms with Crippen LogP contribution in [0.25, 0.3) is 0 Å². The molecule has 0 heterocycles. The zero-order valence-electron chi connectivity index (χ0n) is 16.3. The van der Waals surface area contributed by atoms with E-state index in [2.05, 4.69) is 42.6 Å². The molecule has 0 saturated carbocycles. The maximum atomic E-state index is 12.3. The van der Waals surface area contributed by atoms with E-state index in [4.69, 9.17) is 4.74 Å². The van der Waals surface area contributed by atoms with Gasteiger partial charge in [0.25, 0.3) is 5.91 Å². The molecule has 0 radical (unpaired) electrons. The summed E-state index contributed by atoms with van der Waals surface area (Å²) in [6, 6.07) is 14.8. The molecule has 4 heteroatoms. The second-order valence-electron chi connectivity index (χ2n) is 7.19. The molecule has 1 atom stereocenters. The quantitative estimate of drug-likeness (QED) is 0.672. The average Bonchev–Trinajstić information content (AvgIpc) is 2.68. The molecule has 3 rings (SSSR count). The highest BCUT2D eigenvalue weighted by Crippen LogP contribution is 2.30. The predicted molar refractivity (Wildman–Crippen MR) is 114 cm³/mol. The Hall–Kier alpha value is -1.94. The summed E-state index contributed by atoms with van der Waals surface area (Å²) in [5, 5.41) is 3.00. The van der Waals surface area contributed by atoms with Gasteiger partial charge in [0.2, 0.25) is 0 Å². The smallest absolute Gasteiger partial charge is 0.260 e. The molecule has 0 aromatic heterocycles. The van der Waals surface area contributed by atoms with Crippen LogP contribution in [0.15, 0.2) is 42.5 Å². The lowest BCUT2D eigenvalue weighted by molar-refractivity contribution is -0.127. The monoisotopic (exact) mass is 383 g/mol. The molecule has 27 heavy (non-hydrogen) atoms. The van der Waals surface area contributed by atoms with Gasteiger partial charge in [-0.3, -0.25) is 4.79 Å². The van der Waals surface area contributed by atoms with Crippen molar-refractivity contribution in [1.29, 1.82) is 0 Å². The Bertz CT molecular complexity index is 775. The van der Waals surface area contributed by atoms with Crippen molar-refractivity contribution in [1.82, 2.24) is 5.32 Å². The molecule has 1 aliphatic rings. The third-order valence-electron chi connectivity index (χ3n) is 4.92. The van der Waals surface area contributed by atoms with Gasteiger partial charge in [0.15, 0.2) is 6.10 Å². The van der Waals surface area contributed by atoms with Gasteiger partial charge < -0.3 is 10.1 Å². The lowest BCUT2D eigenvalue weighted by Crippen LogP contribution is -2.37. The van der Waals surface area contributed by atoms with Gasteiger partial charge >= 0.3 is 0 Å². The molecule has 0 aliphatic heterocycles. The van der Waals surface area contributed by atoms with E-state index in [9.17, 15) is 4.79 Å². The summed E-state index contributed by atoms with van der Waals surface area (Å²) in [6.07, 6.45) is 4.14. The van der Waals surface area contributed by atoms with E-state index in [1.165, 1.54) is 35.1 Å². The van der Waals surface area contributed by atoms with Crippen molar-refractivity contribution >= 4 is 17.7 Å². The number of carbonyl (C=O) groups excluding carboxylic acids is 1. The Morgan fingerprint density at radius 3 is 2.85 bits per heavy atom. The maximum absolute atomic E-state index is 12.3. The molecular weight excluding hydrogens is 354 g/mol. The van der Waals surface area contributed by atoms with Crippen LogP contribution in [0.5, 0.6) is 5.75 Å². The van der Waals surface area contributed by atoms with Crippen LogP contribution in [0.2, 0.25) is 0 Å². The number of rotatable bonds is 8. The second kappa shape index (κ2) is 9.84. The fourth-order valence-corrected chi connectivity index (χ4v) is 4.29.